The SMILES string of the molecule is CC1(C)c2ccccc2-c2ccc3c4ccccc4n(-c4ccc5oc6c(-c7nc(-c8ccccc8)nc(-c8cccc9c8sc8ccccc89)n7)cccc6c5c4)c3c21. The van der Waals surface area contributed by atoms with Gasteiger partial charge in [-0.1, -0.05) is 141 Å². The molecule has 0 fully saturated rings. The lowest BCUT2D eigenvalue weighted by molar-refractivity contribution is 0.663. The van der Waals surface area contributed by atoms with Crippen LogP contribution in [0, 0.1) is 0 Å². The van der Waals surface area contributed by atoms with E-state index in [9.17, 15) is 0 Å². The Morgan fingerprint density at radius 3 is 2.07 bits per heavy atom. The van der Waals surface area contributed by atoms with Crippen LogP contribution in [0.15, 0.2) is 174 Å². The van der Waals surface area contributed by atoms with Crippen LogP contribution in [0.4, 0.5) is 0 Å². The van der Waals surface area contributed by atoms with Crippen LogP contribution in [0.1, 0.15) is 25.0 Å². The molecule has 4 aromatic heterocycles. The Morgan fingerprint density at radius 2 is 1.18 bits per heavy atom. The van der Waals surface area contributed by atoms with Crippen LogP contribution < -0.4 is 0 Å². The fourth-order valence-corrected chi connectivity index (χ4v) is 11.2. The van der Waals surface area contributed by atoms with E-state index in [1.54, 1.807) is 11.3 Å². The van der Waals surface area contributed by atoms with Crippen molar-refractivity contribution in [3.05, 3.63) is 181 Å². The molecule has 0 bridgehead atoms. The van der Waals surface area contributed by atoms with Gasteiger partial charge in [-0.25, -0.2) is 15.0 Å². The van der Waals surface area contributed by atoms with Crippen molar-refractivity contribution in [3.63, 3.8) is 0 Å². The van der Waals surface area contributed by atoms with E-state index >= 15 is 0 Å². The van der Waals surface area contributed by atoms with Gasteiger partial charge in [0.05, 0.1) is 16.6 Å². The summed E-state index contributed by atoms with van der Waals surface area (Å²) in [6, 6.07) is 60.4. The predicted molar refractivity (Wildman–Crippen MR) is 248 cm³/mol. The average molecular weight is 787 g/mol. The summed E-state index contributed by atoms with van der Waals surface area (Å²) in [4.78, 5) is 15.5. The number of benzene rings is 8. The number of aromatic nitrogens is 4. The summed E-state index contributed by atoms with van der Waals surface area (Å²) in [5, 5.41) is 7.00. The molecule has 0 N–H and O–H groups in total. The van der Waals surface area contributed by atoms with Gasteiger partial charge in [-0.2, -0.15) is 0 Å². The van der Waals surface area contributed by atoms with E-state index in [4.69, 9.17) is 19.4 Å². The normalized spacial score (nSPS) is 13.3. The Hall–Kier alpha value is -7.41. The van der Waals surface area contributed by atoms with Gasteiger partial charge in [0.15, 0.2) is 17.5 Å². The van der Waals surface area contributed by atoms with Gasteiger partial charge in [0.2, 0.25) is 0 Å². The molecule has 0 aliphatic heterocycles. The second kappa shape index (κ2) is 12.3. The third-order valence-electron chi connectivity index (χ3n) is 12.6. The summed E-state index contributed by atoms with van der Waals surface area (Å²) in [6.07, 6.45) is 0. The van der Waals surface area contributed by atoms with E-state index < -0.39 is 0 Å². The Bertz CT molecular complexity index is 3760. The van der Waals surface area contributed by atoms with Crippen LogP contribution in [0.5, 0.6) is 0 Å². The Balaban J connectivity index is 1.03. The maximum Gasteiger partial charge on any atom is 0.167 e. The summed E-state index contributed by atoms with van der Waals surface area (Å²) < 4.78 is 11.7. The first kappa shape index (κ1) is 33.6. The number of hydrogen-bond donors (Lipinski definition) is 0. The first-order chi connectivity index (χ1) is 29.5. The molecule has 6 heteroatoms. The minimum absolute atomic E-state index is 0.177. The fraction of sp³-hybridized carbons (Fsp3) is 0.0556. The molecule has 4 heterocycles. The summed E-state index contributed by atoms with van der Waals surface area (Å²) in [5.41, 5.74) is 13.0. The first-order valence-electron chi connectivity index (χ1n) is 20.4. The molecule has 12 aromatic rings. The summed E-state index contributed by atoms with van der Waals surface area (Å²) >= 11 is 1.78. The van der Waals surface area contributed by atoms with Gasteiger partial charge in [0, 0.05) is 63.9 Å². The Morgan fingerprint density at radius 1 is 0.500 bits per heavy atom. The fourth-order valence-electron chi connectivity index (χ4n) is 9.94. The number of thiophene rings is 1. The van der Waals surface area contributed by atoms with E-state index in [-0.39, 0.29) is 5.41 Å². The van der Waals surface area contributed by atoms with Crippen molar-refractivity contribution in [2.75, 3.05) is 0 Å². The molecule has 0 atom stereocenters. The first-order valence-corrected chi connectivity index (χ1v) is 21.2. The van der Waals surface area contributed by atoms with Crippen LogP contribution in [0.25, 0.3) is 115 Å². The lowest BCUT2D eigenvalue weighted by Crippen LogP contribution is -2.16. The highest BCUT2D eigenvalue weighted by atomic mass is 32.1. The minimum Gasteiger partial charge on any atom is -0.455 e. The summed E-state index contributed by atoms with van der Waals surface area (Å²) in [6.45, 7) is 4.73. The van der Waals surface area contributed by atoms with Gasteiger partial charge >= 0.3 is 0 Å². The smallest absolute Gasteiger partial charge is 0.167 e. The standard InChI is InChI=1S/C54H34N4OS/c1-54(2)43-23-9-6-16-33(43)36-27-28-37-34-17-7-10-24-44(34)58(48(37)47(36)54)32-26-29-45-42(30-32)38-19-12-21-40(49(38)59-45)52-55-51(31-14-4-3-5-15-31)56-53(57-52)41-22-13-20-39-35-18-8-11-25-46(35)60-50(39)41/h3-30H,1-2H3. The molecular weight excluding hydrogens is 753 g/mol. The molecule has 282 valence electrons. The third-order valence-corrected chi connectivity index (χ3v) is 13.9. The van der Waals surface area contributed by atoms with Crippen molar-refractivity contribution < 1.29 is 4.42 Å². The van der Waals surface area contributed by atoms with Crippen molar-refractivity contribution in [2.45, 2.75) is 19.3 Å². The molecule has 0 unspecified atom stereocenters. The van der Waals surface area contributed by atoms with Gasteiger partial charge in [0.25, 0.3) is 0 Å². The van der Waals surface area contributed by atoms with Crippen LogP contribution in [-0.4, -0.2) is 19.5 Å². The molecule has 5 nitrogen and oxygen atoms in total. The minimum atomic E-state index is -0.177. The van der Waals surface area contributed by atoms with E-state index in [1.807, 2.05) is 18.2 Å². The predicted octanol–water partition coefficient (Wildman–Crippen LogP) is 14.5. The van der Waals surface area contributed by atoms with Crippen molar-refractivity contribution in [1.82, 2.24) is 19.5 Å². The third kappa shape index (κ3) is 4.65. The maximum atomic E-state index is 6.83. The number of hydrogen-bond acceptors (Lipinski definition) is 5. The molecule has 1 aliphatic rings. The molecule has 13 rings (SSSR count). The second-order valence-electron chi connectivity index (χ2n) is 16.3. The molecule has 0 radical (unpaired) electrons. The van der Waals surface area contributed by atoms with Crippen molar-refractivity contribution >= 4 is 75.3 Å². The zero-order chi connectivity index (χ0) is 39.7. The van der Waals surface area contributed by atoms with Gasteiger partial charge in [-0.3, -0.25) is 0 Å². The Kier molecular flexibility index (Phi) is 6.88. The second-order valence-corrected chi connectivity index (χ2v) is 17.4. The number of fused-ring (bicyclic) bond motifs is 13. The van der Waals surface area contributed by atoms with E-state index in [1.165, 1.54) is 59.5 Å². The van der Waals surface area contributed by atoms with E-state index in [0.717, 1.165) is 49.0 Å². The van der Waals surface area contributed by atoms with Gasteiger partial charge in [-0.15, -0.1) is 11.3 Å². The highest BCUT2D eigenvalue weighted by molar-refractivity contribution is 7.26. The number of furan rings is 1. The molecule has 60 heavy (non-hydrogen) atoms. The monoisotopic (exact) mass is 786 g/mol. The zero-order valence-corrected chi connectivity index (χ0v) is 33.6. The van der Waals surface area contributed by atoms with E-state index in [0.29, 0.717) is 17.5 Å². The lowest BCUT2D eigenvalue weighted by Gasteiger charge is -2.23. The van der Waals surface area contributed by atoms with Crippen molar-refractivity contribution in [2.24, 2.45) is 0 Å². The molecule has 0 saturated carbocycles. The number of para-hydroxylation sites is 2. The van der Waals surface area contributed by atoms with Crippen LogP contribution in [0.3, 0.4) is 0 Å². The largest absolute Gasteiger partial charge is 0.455 e. The van der Waals surface area contributed by atoms with Crippen molar-refractivity contribution in [1.29, 1.82) is 0 Å². The maximum absolute atomic E-state index is 6.83. The number of nitrogens with zero attached hydrogens (tertiary/aromatic N) is 4. The highest BCUT2D eigenvalue weighted by Crippen LogP contribution is 2.53. The van der Waals surface area contributed by atoms with Crippen LogP contribution in [-0.2, 0) is 5.41 Å². The van der Waals surface area contributed by atoms with Crippen molar-refractivity contribution in [3.8, 4) is 51.0 Å². The summed E-state index contributed by atoms with van der Waals surface area (Å²) in [5.74, 6) is 1.82. The van der Waals surface area contributed by atoms with Gasteiger partial charge in [0.1, 0.15) is 11.2 Å². The van der Waals surface area contributed by atoms with Gasteiger partial charge in [-0.05, 0) is 64.7 Å². The highest BCUT2D eigenvalue weighted by Gasteiger charge is 2.38. The summed E-state index contributed by atoms with van der Waals surface area (Å²) in [7, 11) is 0. The molecule has 0 spiro atoms. The Labute approximate surface area is 348 Å². The van der Waals surface area contributed by atoms with E-state index in [2.05, 4.69) is 170 Å². The molecule has 8 aromatic carbocycles. The topological polar surface area (TPSA) is 56.7 Å². The van der Waals surface area contributed by atoms with Crippen LogP contribution in [0.2, 0.25) is 0 Å². The molecule has 0 amide bonds. The lowest BCUT2D eigenvalue weighted by atomic mass is 9.81. The molecular formula is C54H34N4OS. The van der Waals surface area contributed by atoms with Crippen LogP contribution >= 0.6 is 11.3 Å². The number of rotatable bonds is 4. The molecule has 0 saturated heterocycles. The quantitative estimate of drug-likeness (QED) is 0.178. The molecule has 1 aliphatic carbocycles. The average Bonchev–Trinajstić information content (AvgIpc) is 4.03. The zero-order valence-electron chi connectivity index (χ0n) is 32.8. The van der Waals surface area contributed by atoms with Gasteiger partial charge < -0.3 is 8.98 Å².